The van der Waals surface area contributed by atoms with Crippen LogP contribution in [0.25, 0.3) is 0 Å². The van der Waals surface area contributed by atoms with Crippen LogP contribution in [-0.4, -0.2) is 42.2 Å². The van der Waals surface area contributed by atoms with Gasteiger partial charge in [-0.25, -0.2) is 0 Å². The van der Waals surface area contributed by atoms with Crippen LogP contribution in [0.15, 0.2) is 42.5 Å². The summed E-state index contributed by atoms with van der Waals surface area (Å²) in [5.41, 5.74) is 3.09. The van der Waals surface area contributed by atoms with Crippen molar-refractivity contribution in [2.24, 2.45) is 5.92 Å². The molecule has 0 spiro atoms. The van der Waals surface area contributed by atoms with Gasteiger partial charge < -0.3 is 20.1 Å². The number of carbonyl (C=O) groups excluding carboxylic acids is 2. The fraction of sp³-hybridized carbons (Fsp3) is 0.391. The average molecular weight is 394 g/mol. The van der Waals surface area contributed by atoms with E-state index in [0.29, 0.717) is 13.0 Å². The maximum atomic E-state index is 13.0. The number of para-hydroxylation sites is 1. The molecule has 152 valence electrons. The Kier molecular flexibility index (Phi) is 5.04. The number of amides is 2. The summed E-state index contributed by atoms with van der Waals surface area (Å²) in [6.45, 7) is 4.31. The number of carbonyl (C=O) groups is 2. The fourth-order valence-electron chi connectivity index (χ4n) is 4.15. The molecule has 0 aliphatic carbocycles. The summed E-state index contributed by atoms with van der Waals surface area (Å²) < 4.78 is 5.78. The van der Waals surface area contributed by atoms with Crippen molar-refractivity contribution < 1.29 is 19.4 Å². The highest BCUT2D eigenvalue weighted by atomic mass is 16.5. The number of benzene rings is 2. The molecular weight excluding hydrogens is 368 g/mol. The Bertz CT molecular complexity index is 958. The molecule has 2 amide bonds. The third kappa shape index (κ3) is 3.60. The van der Waals surface area contributed by atoms with E-state index in [4.69, 9.17) is 4.74 Å². The number of rotatable bonds is 4. The molecule has 6 nitrogen and oxygen atoms in total. The summed E-state index contributed by atoms with van der Waals surface area (Å²) in [4.78, 5) is 27.3. The predicted octanol–water partition coefficient (Wildman–Crippen LogP) is 2.14. The van der Waals surface area contributed by atoms with Crippen molar-refractivity contribution >= 4 is 17.5 Å². The number of hydrogen-bond donors (Lipinski definition) is 2. The second kappa shape index (κ2) is 7.52. The van der Waals surface area contributed by atoms with Crippen LogP contribution in [-0.2, 0) is 16.0 Å². The van der Waals surface area contributed by atoms with E-state index in [9.17, 15) is 14.7 Å². The van der Waals surface area contributed by atoms with Crippen LogP contribution in [0.1, 0.15) is 23.1 Å². The van der Waals surface area contributed by atoms with E-state index in [-0.39, 0.29) is 31.4 Å². The first-order valence-corrected chi connectivity index (χ1v) is 9.93. The van der Waals surface area contributed by atoms with Gasteiger partial charge in [-0.3, -0.25) is 9.59 Å². The molecule has 4 rings (SSSR count). The summed E-state index contributed by atoms with van der Waals surface area (Å²) >= 11 is 0. The number of aryl methyl sites for hydroxylation is 1. The number of aliphatic hydroxyl groups excluding tert-OH is 1. The lowest BCUT2D eigenvalue weighted by Gasteiger charge is -2.37. The van der Waals surface area contributed by atoms with Crippen molar-refractivity contribution in [2.75, 3.05) is 24.7 Å². The summed E-state index contributed by atoms with van der Waals surface area (Å²) in [6, 6.07) is 13.5. The van der Waals surface area contributed by atoms with Gasteiger partial charge in [0.2, 0.25) is 11.8 Å². The monoisotopic (exact) mass is 394 g/mol. The Balaban J connectivity index is 1.49. The highest BCUT2D eigenvalue weighted by Crippen LogP contribution is 2.32. The molecule has 2 heterocycles. The SMILES string of the molecule is Cc1cccc(N2CC(C(=O)NC3(CO)COc4ccccc4C3)CC2=O)c1C. The lowest BCUT2D eigenvalue weighted by atomic mass is 9.88. The molecule has 2 unspecified atom stereocenters. The van der Waals surface area contributed by atoms with E-state index < -0.39 is 11.5 Å². The molecule has 0 saturated carbocycles. The highest BCUT2D eigenvalue weighted by molar-refractivity contribution is 6.01. The second-order valence-electron chi connectivity index (χ2n) is 8.13. The standard InChI is InChI=1S/C23H26N2O4/c1-15-6-5-8-19(16(15)2)25-12-18(10-21(25)27)22(28)24-23(13-26)11-17-7-3-4-9-20(17)29-14-23/h3-9,18,26H,10-14H2,1-2H3,(H,24,28). The number of nitrogens with zero attached hydrogens (tertiary/aromatic N) is 1. The zero-order valence-corrected chi connectivity index (χ0v) is 16.8. The van der Waals surface area contributed by atoms with Crippen molar-refractivity contribution in [3.05, 3.63) is 59.2 Å². The van der Waals surface area contributed by atoms with Gasteiger partial charge in [-0.2, -0.15) is 0 Å². The normalized spacial score (nSPS) is 23.5. The van der Waals surface area contributed by atoms with Gasteiger partial charge in [-0.1, -0.05) is 30.3 Å². The number of fused-ring (bicyclic) bond motifs is 1. The molecule has 1 fully saturated rings. The maximum absolute atomic E-state index is 13.0. The minimum atomic E-state index is -0.874. The first kappa shape index (κ1) is 19.5. The molecule has 1 saturated heterocycles. The second-order valence-corrected chi connectivity index (χ2v) is 8.13. The Morgan fingerprint density at radius 3 is 2.83 bits per heavy atom. The number of anilines is 1. The largest absolute Gasteiger partial charge is 0.491 e. The van der Waals surface area contributed by atoms with Crippen molar-refractivity contribution in [2.45, 2.75) is 32.2 Å². The Morgan fingerprint density at radius 2 is 2.03 bits per heavy atom. The van der Waals surface area contributed by atoms with E-state index in [1.807, 2.05) is 56.3 Å². The van der Waals surface area contributed by atoms with E-state index in [0.717, 1.165) is 28.1 Å². The van der Waals surface area contributed by atoms with Gasteiger partial charge >= 0.3 is 0 Å². The lowest BCUT2D eigenvalue weighted by Crippen LogP contribution is -2.59. The van der Waals surface area contributed by atoms with Crippen molar-refractivity contribution in [3.63, 3.8) is 0 Å². The molecule has 2 aromatic rings. The van der Waals surface area contributed by atoms with Crippen LogP contribution in [0.2, 0.25) is 0 Å². The summed E-state index contributed by atoms with van der Waals surface area (Å²) in [5.74, 6) is 0.0521. The number of aliphatic hydroxyl groups is 1. The average Bonchev–Trinajstić information content (AvgIpc) is 3.11. The smallest absolute Gasteiger partial charge is 0.227 e. The van der Waals surface area contributed by atoms with E-state index >= 15 is 0 Å². The van der Waals surface area contributed by atoms with Gasteiger partial charge in [0.15, 0.2) is 0 Å². The quantitative estimate of drug-likeness (QED) is 0.833. The summed E-state index contributed by atoms with van der Waals surface area (Å²) in [6.07, 6.45) is 0.658. The highest BCUT2D eigenvalue weighted by Gasteiger charge is 2.41. The van der Waals surface area contributed by atoms with Crippen LogP contribution in [0.3, 0.4) is 0 Å². The first-order valence-electron chi connectivity index (χ1n) is 9.93. The Hall–Kier alpha value is -2.86. The molecule has 2 aromatic carbocycles. The minimum absolute atomic E-state index is 0.0536. The van der Waals surface area contributed by atoms with Gasteiger partial charge in [0.1, 0.15) is 17.9 Å². The maximum Gasteiger partial charge on any atom is 0.227 e. The topological polar surface area (TPSA) is 78.9 Å². The molecule has 2 N–H and O–H groups in total. The van der Waals surface area contributed by atoms with Crippen LogP contribution in [0.4, 0.5) is 5.69 Å². The van der Waals surface area contributed by atoms with Crippen molar-refractivity contribution in [1.29, 1.82) is 0 Å². The first-order chi connectivity index (χ1) is 13.9. The zero-order chi connectivity index (χ0) is 20.6. The molecule has 2 atom stereocenters. The number of nitrogens with one attached hydrogen (secondary N) is 1. The minimum Gasteiger partial charge on any atom is -0.491 e. The van der Waals surface area contributed by atoms with E-state index in [2.05, 4.69) is 5.32 Å². The molecule has 0 bridgehead atoms. The lowest BCUT2D eigenvalue weighted by molar-refractivity contribution is -0.129. The zero-order valence-electron chi connectivity index (χ0n) is 16.8. The van der Waals surface area contributed by atoms with Crippen LogP contribution >= 0.6 is 0 Å². The van der Waals surface area contributed by atoms with Gasteiger partial charge in [0.05, 0.1) is 12.5 Å². The van der Waals surface area contributed by atoms with Gasteiger partial charge in [0.25, 0.3) is 0 Å². The van der Waals surface area contributed by atoms with E-state index in [1.165, 1.54) is 0 Å². The van der Waals surface area contributed by atoms with Gasteiger partial charge in [-0.05, 0) is 42.7 Å². The van der Waals surface area contributed by atoms with Crippen molar-refractivity contribution in [1.82, 2.24) is 5.32 Å². The van der Waals surface area contributed by atoms with Gasteiger partial charge in [0, 0.05) is 25.1 Å². The molecule has 0 radical (unpaired) electrons. The molecule has 6 heteroatoms. The Labute approximate surface area is 170 Å². The third-order valence-corrected chi connectivity index (χ3v) is 6.06. The number of ether oxygens (including phenoxy) is 1. The molecule has 2 aliphatic rings. The summed E-state index contributed by atoms with van der Waals surface area (Å²) in [7, 11) is 0. The number of hydrogen-bond acceptors (Lipinski definition) is 4. The molecule has 29 heavy (non-hydrogen) atoms. The van der Waals surface area contributed by atoms with E-state index in [1.54, 1.807) is 4.90 Å². The van der Waals surface area contributed by atoms with Crippen molar-refractivity contribution in [3.8, 4) is 5.75 Å². The summed E-state index contributed by atoms with van der Waals surface area (Å²) in [5, 5.41) is 13.0. The van der Waals surface area contributed by atoms with Gasteiger partial charge in [-0.15, -0.1) is 0 Å². The Morgan fingerprint density at radius 1 is 1.24 bits per heavy atom. The third-order valence-electron chi connectivity index (χ3n) is 6.06. The predicted molar refractivity (Wildman–Crippen MR) is 110 cm³/mol. The molecule has 0 aromatic heterocycles. The molecule has 2 aliphatic heterocycles. The fourth-order valence-corrected chi connectivity index (χ4v) is 4.15. The van der Waals surface area contributed by atoms with Crippen LogP contribution < -0.4 is 15.0 Å². The molecular formula is C23H26N2O4. The van der Waals surface area contributed by atoms with Crippen LogP contribution in [0.5, 0.6) is 5.75 Å². The van der Waals surface area contributed by atoms with Crippen LogP contribution in [0, 0.1) is 19.8 Å².